The molecular weight excluding hydrogens is 385 g/mol. The lowest BCUT2D eigenvalue weighted by atomic mass is 10.1. The summed E-state index contributed by atoms with van der Waals surface area (Å²) in [7, 11) is 2.97. The molecule has 10 heteroatoms. The lowest BCUT2D eigenvalue weighted by Crippen LogP contribution is -2.04. The average molecular weight is 399 g/mol. The quantitative estimate of drug-likeness (QED) is 0.604. The van der Waals surface area contributed by atoms with Gasteiger partial charge in [-0.05, 0) is 17.2 Å². The van der Waals surface area contributed by atoms with Crippen LogP contribution in [-0.2, 0) is 19.8 Å². The summed E-state index contributed by atoms with van der Waals surface area (Å²) in [6.45, 7) is 0.165. The lowest BCUT2D eigenvalue weighted by molar-refractivity contribution is -0.140. The highest BCUT2D eigenvalue weighted by molar-refractivity contribution is 6.28. The Morgan fingerprint density at radius 2 is 1.85 bits per heavy atom. The van der Waals surface area contributed by atoms with Gasteiger partial charge in [0.25, 0.3) is 5.88 Å². The molecule has 0 spiro atoms. The van der Waals surface area contributed by atoms with Gasteiger partial charge in [-0.15, -0.1) is 0 Å². The second-order valence-electron chi connectivity index (χ2n) is 5.56. The van der Waals surface area contributed by atoms with Gasteiger partial charge in [-0.25, -0.2) is 9.97 Å². The second-order valence-corrected chi connectivity index (χ2v) is 5.89. The van der Waals surface area contributed by atoms with Gasteiger partial charge in [0.05, 0.1) is 13.3 Å². The summed E-state index contributed by atoms with van der Waals surface area (Å²) in [6, 6.07) is 6.80. The maximum absolute atomic E-state index is 12.8. The van der Waals surface area contributed by atoms with Crippen molar-refractivity contribution >= 4 is 11.6 Å². The number of halogens is 4. The second kappa shape index (κ2) is 7.43. The Bertz CT molecular complexity index is 942. The van der Waals surface area contributed by atoms with Crippen LogP contribution >= 0.6 is 11.6 Å². The molecule has 0 N–H and O–H groups in total. The molecule has 0 aliphatic rings. The number of imidazole rings is 1. The van der Waals surface area contributed by atoms with Crippen LogP contribution in [0.15, 0.2) is 36.7 Å². The van der Waals surface area contributed by atoms with Crippen molar-refractivity contribution < 1.29 is 22.6 Å². The molecule has 0 unspecified atom stereocenters. The summed E-state index contributed by atoms with van der Waals surface area (Å²) in [5.74, 6) is 0.753. The zero-order valence-electron chi connectivity index (χ0n) is 14.3. The van der Waals surface area contributed by atoms with Gasteiger partial charge in [-0.3, -0.25) is 0 Å². The number of methoxy groups -OCH3 is 1. The molecule has 0 saturated heterocycles. The number of ether oxygens (including phenoxy) is 2. The maximum Gasteiger partial charge on any atom is 0.434 e. The van der Waals surface area contributed by atoms with Crippen molar-refractivity contribution in [2.45, 2.75) is 12.8 Å². The van der Waals surface area contributed by atoms with E-state index in [2.05, 4.69) is 15.0 Å². The van der Waals surface area contributed by atoms with Gasteiger partial charge in [0.15, 0.2) is 11.4 Å². The van der Waals surface area contributed by atoms with Gasteiger partial charge in [0.1, 0.15) is 12.4 Å². The Morgan fingerprint density at radius 1 is 1.15 bits per heavy atom. The Hall–Kier alpha value is -2.81. The largest absolute Gasteiger partial charge is 0.490 e. The Labute approximate surface area is 157 Å². The zero-order valence-corrected chi connectivity index (χ0v) is 15.0. The van der Waals surface area contributed by atoms with Crippen LogP contribution in [0.3, 0.4) is 0 Å². The third-order valence-corrected chi connectivity index (χ3v) is 3.85. The summed E-state index contributed by atoms with van der Waals surface area (Å²) in [5.41, 5.74) is 0.403. The monoisotopic (exact) mass is 398 g/mol. The number of alkyl halides is 3. The van der Waals surface area contributed by atoms with E-state index in [1.165, 1.54) is 24.9 Å². The van der Waals surface area contributed by atoms with Crippen molar-refractivity contribution in [3.05, 3.63) is 53.2 Å². The minimum absolute atomic E-state index is 0.0244. The molecule has 2 heterocycles. The van der Waals surface area contributed by atoms with Crippen molar-refractivity contribution in [3.63, 3.8) is 0 Å². The maximum atomic E-state index is 12.8. The highest BCUT2D eigenvalue weighted by atomic mass is 35.5. The van der Waals surface area contributed by atoms with Crippen LogP contribution in [0.1, 0.15) is 11.3 Å². The summed E-state index contributed by atoms with van der Waals surface area (Å²) >= 11 is 5.75. The third kappa shape index (κ3) is 4.30. The van der Waals surface area contributed by atoms with Crippen molar-refractivity contribution in [3.8, 4) is 23.0 Å². The number of hydrogen-bond donors (Lipinski definition) is 0. The Morgan fingerprint density at radius 3 is 2.44 bits per heavy atom. The molecule has 6 nitrogen and oxygen atoms in total. The molecule has 0 aliphatic heterocycles. The normalized spacial score (nSPS) is 11.5. The fourth-order valence-electron chi connectivity index (χ4n) is 2.35. The van der Waals surface area contributed by atoms with Crippen LogP contribution in [0.2, 0.25) is 5.28 Å². The van der Waals surface area contributed by atoms with Crippen molar-refractivity contribution in [2.24, 2.45) is 7.05 Å². The molecule has 27 heavy (non-hydrogen) atoms. The van der Waals surface area contributed by atoms with Gasteiger partial charge in [0.2, 0.25) is 5.28 Å². The summed E-state index contributed by atoms with van der Waals surface area (Å²) in [5, 5.41) is 0.0244. The molecule has 0 amide bonds. The van der Waals surface area contributed by atoms with E-state index < -0.39 is 11.9 Å². The number of benzene rings is 1. The van der Waals surface area contributed by atoms with Gasteiger partial charge in [0, 0.05) is 18.8 Å². The number of nitrogens with zero attached hydrogens (tertiary/aromatic N) is 4. The third-order valence-electron chi connectivity index (χ3n) is 3.67. The molecule has 2 aromatic heterocycles. The zero-order chi connectivity index (χ0) is 19.6. The molecule has 0 atom stereocenters. The van der Waals surface area contributed by atoms with E-state index in [-0.39, 0.29) is 23.6 Å². The highest BCUT2D eigenvalue weighted by Gasteiger charge is 2.34. The first kappa shape index (κ1) is 19.0. The van der Waals surface area contributed by atoms with E-state index in [1.807, 2.05) is 0 Å². The first-order valence-electron chi connectivity index (χ1n) is 7.67. The van der Waals surface area contributed by atoms with E-state index in [4.69, 9.17) is 21.1 Å². The number of aromatic nitrogens is 4. The van der Waals surface area contributed by atoms with Gasteiger partial charge in [-0.1, -0.05) is 24.3 Å². The summed E-state index contributed by atoms with van der Waals surface area (Å²) < 4.78 is 50.4. The van der Waals surface area contributed by atoms with Gasteiger partial charge < -0.3 is 14.0 Å². The summed E-state index contributed by atoms with van der Waals surface area (Å²) in [4.78, 5) is 11.4. The fourth-order valence-corrected chi connectivity index (χ4v) is 2.48. The predicted molar refractivity (Wildman–Crippen MR) is 91.6 cm³/mol. The first-order valence-corrected chi connectivity index (χ1v) is 8.05. The Balaban J connectivity index is 1.75. The van der Waals surface area contributed by atoms with Crippen LogP contribution in [0.25, 0.3) is 11.4 Å². The van der Waals surface area contributed by atoms with Crippen molar-refractivity contribution in [1.82, 2.24) is 19.5 Å². The minimum Gasteiger partial charge on any atom is -0.490 e. The van der Waals surface area contributed by atoms with Crippen LogP contribution in [-0.4, -0.2) is 26.6 Å². The first-order chi connectivity index (χ1) is 12.8. The number of rotatable bonds is 5. The van der Waals surface area contributed by atoms with Crippen molar-refractivity contribution in [1.29, 1.82) is 0 Å². The molecule has 0 bridgehead atoms. The van der Waals surface area contributed by atoms with Crippen molar-refractivity contribution in [2.75, 3.05) is 7.11 Å². The molecule has 0 radical (unpaired) electrons. The molecule has 3 aromatic rings. The van der Waals surface area contributed by atoms with Crippen LogP contribution in [0.5, 0.6) is 11.6 Å². The van der Waals surface area contributed by atoms with E-state index in [0.29, 0.717) is 11.3 Å². The van der Waals surface area contributed by atoms with E-state index in [9.17, 15) is 13.2 Å². The van der Waals surface area contributed by atoms with E-state index in [0.717, 1.165) is 11.8 Å². The van der Waals surface area contributed by atoms with Gasteiger partial charge in [-0.2, -0.15) is 18.2 Å². The molecule has 0 fully saturated rings. The van der Waals surface area contributed by atoms with Crippen LogP contribution < -0.4 is 9.47 Å². The molecule has 142 valence electrons. The molecule has 0 aliphatic carbocycles. The molecule has 3 rings (SSSR count). The fraction of sp³-hybridized carbons (Fsp3) is 0.235. The van der Waals surface area contributed by atoms with Crippen LogP contribution in [0, 0.1) is 0 Å². The summed E-state index contributed by atoms with van der Waals surface area (Å²) in [6.07, 6.45) is -2.13. The Kier molecular flexibility index (Phi) is 5.22. The topological polar surface area (TPSA) is 62.1 Å². The molecule has 0 saturated carbocycles. The smallest absolute Gasteiger partial charge is 0.434 e. The number of aryl methyl sites for hydroxylation is 1. The minimum atomic E-state index is -4.48. The van der Waals surface area contributed by atoms with E-state index in [1.54, 1.807) is 24.3 Å². The SMILES string of the molecule is COc1cnc(Cl)nc1OCc1ccc(-c2nc(C(F)(F)F)cn2C)cc1. The predicted octanol–water partition coefficient (Wildman–Crippen LogP) is 4.14. The lowest BCUT2D eigenvalue weighted by Gasteiger charge is -2.09. The molecule has 1 aromatic carbocycles. The standard InChI is InChI=1S/C17H14ClF3N4O2/c1-25-8-13(17(19,20)21)23-14(25)11-5-3-10(4-6-11)9-27-15-12(26-2)7-22-16(18)24-15/h3-8H,9H2,1-2H3. The number of hydrogen-bond acceptors (Lipinski definition) is 5. The van der Waals surface area contributed by atoms with E-state index >= 15 is 0 Å². The van der Waals surface area contributed by atoms with Crippen LogP contribution in [0.4, 0.5) is 13.2 Å². The molecular formula is C17H14ClF3N4O2. The van der Waals surface area contributed by atoms with Gasteiger partial charge >= 0.3 is 6.18 Å². The highest BCUT2D eigenvalue weighted by Crippen LogP contribution is 2.31. The average Bonchev–Trinajstić information content (AvgIpc) is 3.03.